The number of hydrogen-bond acceptors (Lipinski definition) is 8. The molecule has 1 saturated carbocycles. The molecule has 0 radical (unpaired) electrons. The van der Waals surface area contributed by atoms with E-state index in [1.807, 2.05) is 65.6 Å². The van der Waals surface area contributed by atoms with Crippen LogP contribution in [0, 0.1) is 11.8 Å². The fourth-order valence-corrected chi connectivity index (χ4v) is 8.35. The number of allylic oxidation sites excluding steroid dienone is 1. The van der Waals surface area contributed by atoms with Gasteiger partial charge < -0.3 is 29.3 Å². The number of nitrogens with zero attached hydrogens (tertiary/aromatic N) is 3. The Morgan fingerprint density at radius 1 is 0.981 bits per heavy atom. The molecule has 5 atom stereocenters. The normalized spacial score (nSPS) is 26.2. The second-order valence-electron chi connectivity index (χ2n) is 15.1. The Hall–Kier alpha value is -4.93. The average molecular weight is 737 g/mol. The minimum absolute atomic E-state index is 0.00360. The van der Waals surface area contributed by atoms with E-state index in [0.717, 1.165) is 55.9 Å². The van der Waals surface area contributed by atoms with Crippen LogP contribution in [0.5, 0.6) is 11.5 Å². The number of benzene rings is 2. The standard InChI is InChI=1S/C43H52N4O7/c1-3-53-42(51)43-27-31(43)18-12-6-4-5-9-17-30(23-39(48)46-21-13-8-14-22-46)41(50)47-28-33(25-37(47)40(49)45-43)54-38-26-35(29-15-10-7-11-16-29)44-36-24-32(52-2)19-20-34(36)38/h7,10-12,15-16,18-20,24,26,30-31,33,37H,3-6,8-9,13-14,17,21-23,25,27-28H2,1-2H3,(H,45,49)/t30-,31?,33-,37+,43?/m1/s1. The van der Waals surface area contributed by atoms with Gasteiger partial charge in [-0.05, 0) is 64.0 Å². The lowest BCUT2D eigenvalue weighted by atomic mass is 9.94. The fourth-order valence-electron chi connectivity index (χ4n) is 8.35. The van der Waals surface area contributed by atoms with E-state index >= 15 is 0 Å². The van der Waals surface area contributed by atoms with E-state index in [1.165, 1.54) is 0 Å². The summed E-state index contributed by atoms with van der Waals surface area (Å²) in [7, 11) is 1.61. The number of carbonyl (C=O) groups is 4. The highest BCUT2D eigenvalue weighted by Crippen LogP contribution is 2.46. The molecule has 1 N–H and O–H groups in total. The van der Waals surface area contributed by atoms with Crippen LogP contribution in [-0.2, 0) is 23.9 Å². The highest BCUT2D eigenvalue weighted by molar-refractivity contribution is 5.96. The zero-order valence-corrected chi connectivity index (χ0v) is 31.5. The summed E-state index contributed by atoms with van der Waals surface area (Å²) in [4.78, 5) is 64.6. The van der Waals surface area contributed by atoms with E-state index in [1.54, 1.807) is 18.9 Å². The quantitative estimate of drug-likeness (QED) is 0.213. The number of aromatic nitrogens is 1. The number of amides is 3. The van der Waals surface area contributed by atoms with E-state index in [4.69, 9.17) is 19.2 Å². The van der Waals surface area contributed by atoms with Crippen LogP contribution in [0.1, 0.15) is 77.6 Å². The molecule has 2 unspecified atom stereocenters. The topological polar surface area (TPSA) is 127 Å². The molecule has 2 aromatic carbocycles. The maximum absolute atomic E-state index is 14.7. The first kappa shape index (κ1) is 37.4. The zero-order valence-electron chi connectivity index (χ0n) is 31.5. The monoisotopic (exact) mass is 736 g/mol. The maximum Gasteiger partial charge on any atom is 0.332 e. The number of rotatable bonds is 8. The van der Waals surface area contributed by atoms with E-state index in [0.29, 0.717) is 48.6 Å². The molecule has 3 amide bonds. The third-order valence-electron chi connectivity index (χ3n) is 11.5. The van der Waals surface area contributed by atoms with Gasteiger partial charge in [-0.2, -0.15) is 0 Å². The minimum atomic E-state index is -1.17. The Balaban J connectivity index is 1.22. The van der Waals surface area contributed by atoms with Gasteiger partial charge in [-0.25, -0.2) is 9.78 Å². The lowest BCUT2D eigenvalue weighted by Crippen LogP contribution is -2.54. The smallest absolute Gasteiger partial charge is 0.332 e. The molecule has 54 heavy (non-hydrogen) atoms. The average Bonchev–Trinajstić information content (AvgIpc) is 3.73. The van der Waals surface area contributed by atoms with E-state index in [2.05, 4.69) is 11.4 Å². The number of carbonyl (C=O) groups excluding carboxylic acids is 4. The number of pyridine rings is 1. The molecule has 0 bridgehead atoms. The fraction of sp³-hybridized carbons (Fsp3) is 0.512. The van der Waals surface area contributed by atoms with Crippen LogP contribution in [0.25, 0.3) is 22.2 Å². The van der Waals surface area contributed by atoms with Crippen molar-refractivity contribution in [2.45, 2.75) is 95.2 Å². The Labute approximate surface area is 317 Å². The number of nitrogens with one attached hydrogen (secondary N) is 1. The highest BCUT2D eigenvalue weighted by atomic mass is 16.5. The predicted molar refractivity (Wildman–Crippen MR) is 205 cm³/mol. The van der Waals surface area contributed by atoms with Crippen molar-refractivity contribution in [3.63, 3.8) is 0 Å². The van der Waals surface area contributed by atoms with E-state index < -0.39 is 35.5 Å². The van der Waals surface area contributed by atoms with E-state index in [-0.39, 0.29) is 43.7 Å². The van der Waals surface area contributed by atoms with Crippen molar-refractivity contribution >= 4 is 34.6 Å². The second kappa shape index (κ2) is 16.6. The van der Waals surface area contributed by atoms with Crippen molar-refractivity contribution in [1.82, 2.24) is 20.1 Å². The largest absolute Gasteiger partial charge is 0.497 e. The molecule has 11 heteroatoms. The zero-order chi connectivity index (χ0) is 37.7. The molecule has 7 rings (SSSR count). The molecular formula is C43H52N4O7. The van der Waals surface area contributed by atoms with Gasteiger partial charge in [-0.15, -0.1) is 0 Å². The van der Waals surface area contributed by atoms with Crippen LogP contribution < -0.4 is 14.8 Å². The molecule has 1 aliphatic carbocycles. The molecule has 11 nitrogen and oxygen atoms in total. The van der Waals surface area contributed by atoms with Gasteiger partial charge in [0.2, 0.25) is 17.7 Å². The van der Waals surface area contributed by atoms with Crippen LogP contribution in [0.4, 0.5) is 0 Å². The van der Waals surface area contributed by atoms with Crippen LogP contribution in [0.2, 0.25) is 0 Å². The number of methoxy groups -OCH3 is 1. The third kappa shape index (κ3) is 8.10. The molecule has 3 aromatic rings. The number of esters is 1. The third-order valence-corrected chi connectivity index (χ3v) is 11.5. The summed E-state index contributed by atoms with van der Waals surface area (Å²) in [6.07, 6.45) is 11.4. The summed E-state index contributed by atoms with van der Waals surface area (Å²) in [6, 6.07) is 16.5. The molecule has 3 aliphatic heterocycles. The van der Waals surface area contributed by atoms with Gasteiger partial charge in [-0.3, -0.25) is 14.4 Å². The van der Waals surface area contributed by atoms with Crippen molar-refractivity contribution in [3.8, 4) is 22.8 Å². The maximum atomic E-state index is 14.7. The van der Waals surface area contributed by atoms with Crippen molar-refractivity contribution in [2.75, 3.05) is 33.4 Å². The first-order valence-electron chi connectivity index (χ1n) is 19.7. The number of likely N-dealkylation sites (tertiary alicyclic amines) is 1. The Morgan fingerprint density at radius 3 is 2.56 bits per heavy atom. The first-order valence-corrected chi connectivity index (χ1v) is 19.7. The number of piperidine rings is 1. The lowest BCUT2D eigenvalue weighted by Gasteiger charge is -2.31. The molecule has 3 fully saturated rings. The molecule has 1 aromatic heterocycles. The van der Waals surface area contributed by atoms with Crippen LogP contribution in [0.15, 0.2) is 66.7 Å². The summed E-state index contributed by atoms with van der Waals surface area (Å²) in [5.74, 6) is -0.608. The second-order valence-corrected chi connectivity index (χ2v) is 15.1. The summed E-state index contributed by atoms with van der Waals surface area (Å²) < 4.78 is 17.8. The number of hydrogen-bond donors (Lipinski definition) is 1. The van der Waals surface area contributed by atoms with Crippen molar-refractivity contribution < 1.29 is 33.4 Å². The summed E-state index contributed by atoms with van der Waals surface area (Å²) >= 11 is 0. The molecule has 286 valence electrons. The molecule has 4 heterocycles. The lowest BCUT2D eigenvalue weighted by molar-refractivity contribution is -0.150. The Kier molecular flexibility index (Phi) is 11.5. The molecule has 4 aliphatic rings. The van der Waals surface area contributed by atoms with Gasteiger partial charge in [0.05, 0.1) is 31.5 Å². The number of fused-ring (bicyclic) bond motifs is 3. The van der Waals surface area contributed by atoms with Gasteiger partial charge in [0.1, 0.15) is 29.2 Å². The van der Waals surface area contributed by atoms with E-state index in [9.17, 15) is 19.2 Å². The van der Waals surface area contributed by atoms with Crippen molar-refractivity contribution in [2.24, 2.45) is 11.8 Å². The molecule has 2 saturated heterocycles. The summed E-state index contributed by atoms with van der Waals surface area (Å²) in [6.45, 7) is 3.53. The summed E-state index contributed by atoms with van der Waals surface area (Å²) in [5.41, 5.74) is 1.15. The van der Waals surface area contributed by atoms with Gasteiger partial charge >= 0.3 is 5.97 Å². The van der Waals surface area contributed by atoms with Gasteiger partial charge in [0, 0.05) is 60.8 Å². The molecular weight excluding hydrogens is 684 g/mol. The van der Waals surface area contributed by atoms with Crippen molar-refractivity contribution in [3.05, 3.63) is 66.7 Å². The Bertz CT molecular complexity index is 1880. The molecule has 0 spiro atoms. The predicted octanol–water partition coefficient (Wildman–Crippen LogP) is 6.24. The first-order chi connectivity index (χ1) is 26.3. The van der Waals surface area contributed by atoms with Gasteiger partial charge in [0.15, 0.2) is 0 Å². The van der Waals surface area contributed by atoms with Crippen LogP contribution >= 0.6 is 0 Å². The van der Waals surface area contributed by atoms with Gasteiger partial charge in [-0.1, -0.05) is 55.3 Å². The van der Waals surface area contributed by atoms with Gasteiger partial charge in [0.25, 0.3) is 0 Å². The Morgan fingerprint density at radius 2 is 1.78 bits per heavy atom. The van der Waals surface area contributed by atoms with Crippen LogP contribution in [0.3, 0.4) is 0 Å². The SMILES string of the molecule is CCOC(=O)C12CC1C=CCCCCC[C@H](CC(=O)N1CCCCC1)C(=O)N1C[C@H](Oc3cc(-c4ccccc4)nc4cc(OC)ccc34)C[C@H]1C(=O)N2. The minimum Gasteiger partial charge on any atom is -0.497 e. The number of ether oxygens (including phenoxy) is 3. The summed E-state index contributed by atoms with van der Waals surface area (Å²) in [5, 5.41) is 3.84. The van der Waals surface area contributed by atoms with Crippen molar-refractivity contribution in [1.29, 1.82) is 0 Å². The highest BCUT2D eigenvalue weighted by Gasteiger charge is 2.62. The van der Waals surface area contributed by atoms with Crippen LogP contribution in [-0.4, -0.2) is 89.5 Å².